The van der Waals surface area contributed by atoms with E-state index in [2.05, 4.69) is 20.6 Å². The summed E-state index contributed by atoms with van der Waals surface area (Å²) in [5.41, 5.74) is 0. The molecule has 2 rings (SSSR count). The number of rotatable bonds is 5. The zero-order chi connectivity index (χ0) is 14.5. The molecule has 1 aliphatic rings. The molecule has 0 radical (unpaired) electrons. The predicted molar refractivity (Wildman–Crippen MR) is 76.7 cm³/mol. The molecule has 2 N–H and O–H groups in total. The van der Waals surface area contributed by atoms with Crippen LogP contribution in [0, 0.1) is 0 Å². The summed E-state index contributed by atoms with van der Waals surface area (Å²) < 4.78 is 5.09. The van der Waals surface area contributed by atoms with E-state index in [0.717, 1.165) is 24.6 Å². The number of hydrogen-bond donors (Lipinski definition) is 2. The van der Waals surface area contributed by atoms with E-state index in [1.165, 1.54) is 0 Å². The van der Waals surface area contributed by atoms with E-state index < -0.39 is 0 Å². The van der Waals surface area contributed by atoms with E-state index in [9.17, 15) is 4.79 Å². The number of nitrogens with zero attached hydrogens (tertiary/aromatic N) is 3. The third-order valence-corrected chi connectivity index (χ3v) is 3.30. The summed E-state index contributed by atoms with van der Waals surface area (Å²) in [7, 11) is 3.42. The van der Waals surface area contributed by atoms with Crippen LogP contribution in [0.5, 0.6) is 0 Å². The van der Waals surface area contributed by atoms with Crippen molar-refractivity contribution >= 4 is 17.5 Å². The molecule has 0 aliphatic carbocycles. The largest absolute Gasteiger partial charge is 0.377 e. The SMILES string of the molecule is CCC1C(=O)NCCN1c1cc(NC)nc(COC)n1. The number of carbonyl (C=O) groups excluding carboxylic acids is 1. The molecule has 1 atom stereocenters. The smallest absolute Gasteiger partial charge is 0.242 e. The van der Waals surface area contributed by atoms with Crippen molar-refractivity contribution in [3.8, 4) is 0 Å². The van der Waals surface area contributed by atoms with Crippen molar-refractivity contribution in [2.24, 2.45) is 0 Å². The first-order chi connectivity index (χ1) is 9.69. The summed E-state index contributed by atoms with van der Waals surface area (Å²) in [5.74, 6) is 2.15. The van der Waals surface area contributed by atoms with Crippen molar-refractivity contribution in [1.29, 1.82) is 0 Å². The number of piperazine rings is 1. The van der Waals surface area contributed by atoms with Gasteiger partial charge in [-0.2, -0.15) is 0 Å². The highest BCUT2D eigenvalue weighted by Gasteiger charge is 2.29. The molecule has 7 nitrogen and oxygen atoms in total. The highest BCUT2D eigenvalue weighted by atomic mass is 16.5. The Morgan fingerprint density at radius 2 is 2.35 bits per heavy atom. The molecule has 2 heterocycles. The number of anilines is 2. The second-order valence-corrected chi connectivity index (χ2v) is 4.62. The Morgan fingerprint density at radius 3 is 3.00 bits per heavy atom. The maximum Gasteiger partial charge on any atom is 0.242 e. The molecule has 7 heteroatoms. The molecular weight excluding hydrogens is 258 g/mol. The molecule has 1 amide bonds. The fourth-order valence-electron chi connectivity index (χ4n) is 2.35. The van der Waals surface area contributed by atoms with E-state index in [4.69, 9.17) is 4.74 Å². The van der Waals surface area contributed by atoms with Crippen molar-refractivity contribution in [3.05, 3.63) is 11.9 Å². The van der Waals surface area contributed by atoms with Crippen LogP contribution in [-0.4, -0.2) is 49.2 Å². The minimum atomic E-state index is -0.182. The van der Waals surface area contributed by atoms with E-state index in [-0.39, 0.29) is 11.9 Å². The van der Waals surface area contributed by atoms with E-state index >= 15 is 0 Å². The van der Waals surface area contributed by atoms with Crippen LogP contribution in [0.25, 0.3) is 0 Å². The highest BCUT2D eigenvalue weighted by molar-refractivity contribution is 5.86. The van der Waals surface area contributed by atoms with Crippen LogP contribution in [0.3, 0.4) is 0 Å². The van der Waals surface area contributed by atoms with Gasteiger partial charge in [0.1, 0.15) is 24.3 Å². The lowest BCUT2D eigenvalue weighted by atomic mass is 10.1. The molecule has 1 saturated heterocycles. The highest BCUT2D eigenvalue weighted by Crippen LogP contribution is 2.21. The van der Waals surface area contributed by atoms with Gasteiger partial charge in [-0.15, -0.1) is 0 Å². The van der Waals surface area contributed by atoms with Crippen molar-refractivity contribution < 1.29 is 9.53 Å². The molecule has 1 aromatic heterocycles. The standard InChI is InChI=1S/C13H21N5O2/c1-4-9-13(19)15-5-6-18(9)12-7-10(14-2)16-11(17-12)8-20-3/h7,9H,4-6,8H2,1-3H3,(H,15,19)(H,14,16,17). The van der Waals surface area contributed by atoms with Gasteiger partial charge < -0.3 is 20.3 Å². The first-order valence-corrected chi connectivity index (χ1v) is 6.78. The van der Waals surface area contributed by atoms with Crippen LogP contribution >= 0.6 is 0 Å². The number of amides is 1. The Hall–Kier alpha value is -1.89. The molecule has 1 fully saturated rings. The molecule has 0 spiro atoms. The molecule has 1 aliphatic heterocycles. The van der Waals surface area contributed by atoms with Crippen LogP contribution in [0.4, 0.5) is 11.6 Å². The average Bonchev–Trinajstić information content (AvgIpc) is 2.47. The number of methoxy groups -OCH3 is 1. The van der Waals surface area contributed by atoms with Crippen LogP contribution < -0.4 is 15.5 Å². The molecule has 0 saturated carbocycles. The molecule has 1 unspecified atom stereocenters. The minimum absolute atomic E-state index is 0.0525. The Morgan fingerprint density at radius 1 is 1.55 bits per heavy atom. The third kappa shape index (κ3) is 2.98. The van der Waals surface area contributed by atoms with Crippen LogP contribution in [0.15, 0.2) is 6.07 Å². The quantitative estimate of drug-likeness (QED) is 0.811. The van der Waals surface area contributed by atoms with Gasteiger partial charge in [0.25, 0.3) is 0 Å². The summed E-state index contributed by atoms with van der Waals surface area (Å²) in [4.78, 5) is 22.8. The molecule has 110 valence electrons. The predicted octanol–water partition coefficient (Wildman–Crippen LogP) is 0.380. The summed E-state index contributed by atoms with van der Waals surface area (Å²) >= 11 is 0. The normalized spacial score (nSPS) is 18.9. The van der Waals surface area contributed by atoms with Crippen LogP contribution in [0.2, 0.25) is 0 Å². The monoisotopic (exact) mass is 279 g/mol. The lowest BCUT2D eigenvalue weighted by molar-refractivity contribution is -0.123. The van der Waals surface area contributed by atoms with Gasteiger partial charge in [-0.05, 0) is 6.42 Å². The van der Waals surface area contributed by atoms with Gasteiger partial charge in [0, 0.05) is 33.3 Å². The zero-order valence-electron chi connectivity index (χ0n) is 12.1. The number of carbonyl (C=O) groups is 1. The molecule has 0 bridgehead atoms. The zero-order valence-corrected chi connectivity index (χ0v) is 12.1. The Kier molecular flexibility index (Phi) is 4.73. The van der Waals surface area contributed by atoms with Gasteiger partial charge >= 0.3 is 0 Å². The number of nitrogens with one attached hydrogen (secondary N) is 2. The van der Waals surface area contributed by atoms with Gasteiger partial charge in [0.15, 0.2) is 5.82 Å². The first-order valence-electron chi connectivity index (χ1n) is 6.78. The van der Waals surface area contributed by atoms with Gasteiger partial charge in [0.05, 0.1) is 0 Å². The van der Waals surface area contributed by atoms with Crippen molar-refractivity contribution in [2.45, 2.75) is 26.0 Å². The van der Waals surface area contributed by atoms with E-state index in [0.29, 0.717) is 19.0 Å². The molecular formula is C13H21N5O2. The Bertz CT molecular complexity index is 480. The van der Waals surface area contributed by atoms with Crippen molar-refractivity contribution in [3.63, 3.8) is 0 Å². The third-order valence-electron chi connectivity index (χ3n) is 3.30. The van der Waals surface area contributed by atoms with Crippen molar-refractivity contribution in [1.82, 2.24) is 15.3 Å². The summed E-state index contributed by atoms with van der Waals surface area (Å²) in [6.45, 7) is 3.73. The first kappa shape index (κ1) is 14.5. The fourth-order valence-corrected chi connectivity index (χ4v) is 2.35. The van der Waals surface area contributed by atoms with Crippen LogP contribution in [0.1, 0.15) is 19.2 Å². The van der Waals surface area contributed by atoms with Gasteiger partial charge in [-0.1, -0.05) is 6.92 Å². The molecule has 1 aromatic rings. The molecule has 20 heavy (non-hydrogen) atoms. The maximum absolute atomic E-state index is 11.9. The summed E-state index contributed by atoms with van der Waals surface area (Å²) in [6.07, 6.45) is 0.740. The minimum Gasteiger partial charge on any atom is -0.377 e. The second kappa shape index (κ2) is 6.51. The number of aromatic nitrogens is 2. The topological polar surface area (TPSA) is 79.4 Å². The van der Waals surface area contributed by atoms with Gasteiger partial charge in [0.2, 0.25) is 5.91 Å². The lowest BCUT2D eigenvalue weighted by Gasteiger charge is -2.35. The summed E-state index contributed by atoms with van der Waals surface area (Å²) in [5, 5.41) is 5.90. The Balaban J connectivity index is 2.34. The van der Waals surface area contributed by atoms with E-state index in [1.807, 2.05) is 24.9 Å². The van der Waals surface area contributed by atoms with Crippen molar-refractivity contribution in [2.75, 3.05) is 37.5 Å². The molecule has 0 aromatic carbocycles. The van der Waals surface area contributed by atoms with Crippen LogP contribution in [-0.2, 0) is 16.1 Å². The lowest BCUT2D eigenvalue weighted by Crippen LogP contribution is -2.55. The number of hydrogen-bond acceptors (Lipinski definition) is 6. The fraction of sp³-hybridized carbons (Fsp3) is 0.615. The Labute approximate surface area is 118 Å². The average molecular weight is 279 g/mol. The van der Waals surface area contributed by atoms with E-state index in [1.54, 1.807) is 7.11 Å². The maximum atomic E-state index is 11.9. The van der Waals surface area contributed by atoms with Gasteiger partial charge in [-0.3, -0.25) is 4.79 Å². The second-order valence-electron chi connectivity index (χ2n) is 4.62. The number of ether oxygens (including phenoxy) is 1. The summed E-state index contributed by atoms with van der Waals surface area (Å²) in [6, 6.07) is 1.68. The van der Waals surface area contributed by atoms with Gasteiger partial charge in [-0.25, -0.2) is 9.97 Å².